The summed E-state index contributed by atoms with van der Waals surface area (Å²) >= 11 is 2.52. The normalized spacial score (nSPS) is 14.2. The quantitative estimate of drug-likeness (QED) is 0.166. The van der Waals surface area contributed by atoms with Gasteiger partial charge in [-0.15, -0.1) is 0 Å². The molecule has 0 unspecified atom stereocenters. The summed E-state index contributed by atoms with van der Waals surface area (Å²) in [6.07, 6.45) is 1.97. The van der Waals surface area contributed by atoms with Crippen LogP contribution in [0.25, 0.3) is 22.4 Å². The van der Waals surface area contributed by atoms with E-state index >= 15 is 0 Å². The average Bonchev–Trinajstić information content (AvgIpc) is 0.833. The predicted molar refractivity (Wildman–Crippen MR) is 338 cm³/mol. The van der Waals surface area contributed by atoms with Gasteiger partial charge in [0.2, 0.25) is 0 Å². The number of aromatic nitrogens is 3. The Labute approximate surface area is 497 Å². The fourth-order valence-electron chi connectivity index (χ4n) is 12.3. The topological polar surface area (TPSA) is 38.5 Å². The molecule has 2 aliphatic heterocycles. The maximum Gasteiger partial charge on any atom is -0.0131 e. The van der Waals surface area contributed by atoms with Crippen molar-refractivity contribution in [1.29, 1.82) is 0 Å². The van der Waals surface area contributed by atoms with E-state index in [2.05, 4.69) is 330 Å². The molecule has 6 nitrogen and oxygen atoms in total. The Morgan fingerprint density at radius 3 is 1.28 bits per heavy atom. The molecule has 12 rings (SSSR count). The van der Waals surface area contributed by atoms with Gasteiger partial charge in [0.05, 0.1) is 11.4 Å². The summed E-state index contributed by atoms with van der Waals surface area (Å²) in [4.78, 5) is 10.1. The van der Waals surface area contributed by atoms with Crippen LogP contribution in [0.15, 0.2) is 194 Å². The van der Waals surface area contributed by atoms with Gasteiger partial charge in [-0.25, -0.2) is 0 Å². The van der Waals surface area contributed by atoms with E-state index in [1.54, 1.807) is 0 Å². The zero-order chi connectivity index (χ0) is 58.1. The number of para-hydroxylation sites is 5. The number of benzene rings is 8. The first kappa shape index (κ1) is 55.0. The summed E-state index contributed by atoms with van der Waals surface area (Å²) in [6, 6.07) is 70.1. The molecule has 1 spiro atoms. The van der Waals surface area contributed by atoms with Gasteiger partial charge in [-0.2, -0.15) is 0 Å². The summed E-state index contributed by atoms with van der Waals surface area (Å²) < 4.78 is 13.0. The molecule has 4 heterocycles. The molecular weight excluding hydrogens is 1180 g/mol. The monoisotopic (exact) mass is 1260 g/mol. The van der Waals surface area contributed by atoms with Gasteiger partial charge in [-0.05, 0) is 63.3 Å². The molecule has 0 saturated carbocycles. The fraction of sp³-hybridized carbons (Fsp3) is 0.280. The van der Waals surface area contributed by atoms with Gasteiger partial charge in [0.25, 0.3) is 0 Å². The fourth-order valence-corrected chi connectivity index (χ4v) is 13.5. The van der Waals surface area contributed by atoms with Crippen molar-refractivity contribution in [3.63, 3.8) is 0 Å². The number of ether oxygens (including phenoxy) is 1. The first-order valence-corrected chi connectivity index (χ1v) is 30.1. The van der Waals surface area contributed by atoms with Crippen molar-refractivity contribution in [3.05, 3.63) is 248 Å². The van der Waals surface area contributed by atoms with E-state index in [-0.39, 0.29) is 27.1 Å². The van der Waals surface area contributed by atoms with Crippen LogP contribution < -0.4 is 14.5 Å². The zero-order valence-electron chi connectivity index (χ0n) is 50.4. The number of hydrogen-bond donors (Lipinski definition) is 0. The Bertz CT molecular complexity index is 4100. The average molecular weight is 1260 g/mol. The van der Waals surface area contributed by atoms with Crippen LogP contribution >= 0.6 is 0 Å². The van der Waals surface area contributed by atoms with E-state index in [1.165, 1.54) is 44.5 Å². The second-order valence-electron chi connectivity index (χ2n) is 27.8. The SMILES string of the molecule is CC(C)(C)c1cc(N2c3ccccc3C3(c4ccccc42)c2ccccc2N(c2cc(C(C)(C)C)ccn2)c2cc(Oc4cccc(-n5[c](=[Pt])n(-c6cc(C(C)(C)C)cc(C(C)(C)C)c6)c6ccccc65)c4)ccc23)cc(C(C)(C)C)c1. The Morgan fingerprint density at radius 1 is 0.354 bits per heavy atom. The Balaban J connectivity index is 1.05. The van der Waals surface area contributed by atoms with Crippen LogP contribution in [-0.2, 0) is 51.8 Å². The van der Waals surface area contributed by atoms with Gasteiger partial charge in [0.1, 0.15) is 0 Å². The third-order valence-electron chi connectivity index (χ3n) is 16.9. The van der Waals surface area contributed by atoms with Gasteiger partial charge in [-0.3, -0.25) is 0 Å². The van der Waals surface area contributed by atoms with E-state index < -0.39 is 5.41 Å². The molecule has 0 saturated heterocycles. The van der Waals surface area contributed by atoms with Gasteiger partial charge in [0.15, 0.2) is 0 Å². The summed E-state index contributed by atoms with van der Waals surface area (Å²) in [5, 5.41) is 0. The molecular formula is C75H77N5OPt. The van der Waals surface area contributed by atoms with Crippen molar-refractivity contribution in [3.8, 4) is 22.9 Å². The van der Waals surface area contributed by atoms with Crippen LogP contribution in [0.2, 0.25) is 0 Å². The number of hydrogen-bond acceptors (Lipinski definition) is 4. The van der Waals surface area contributed by atoms with Gasteiger partial charge >= 0.3 is 286 Å². The number of rotatable bonds is 6. The van der Waals surface area contributed by atoms with Crippen LogP contribution in [0.3, 0.4) is 0 Å². The molecule has 82 heavy (non-hydrogen) atoms. The minimum atomic E-state index is -0.748. The molecule has 418 valence electrons. The predicted octanol–water partition coefficient (Wildman–Crippen LogP) is 20.1. The molecule has 2 aromatic heterocycles. The van der Waals surface area contributed by atoms with Gasteiger partial charge in [-0.1, -0.05) is 123 Å². The number of nitrogens with zero attached hydrogens (tertiary/aromatic N) is 5. The van der Waals surface area contributed by atoms with Crippen molar-refractivity contribution in [2.75, 3.05) is 9.80 Å². The maximum absolute atomic E-state index is 7.20. The molecule has 8 aromatic carbocycles. The summed E-state index contributed by atoms with van der Waals surface area (Å²) in [7, 11) is 0. The van der Waals surface area contributed by atoms with Crippen molar-refractivity contribution in [2.45, 2.75) is 136 Å². The molecule has 0 amide bonds. The van der Waals surface area contributed by atoms with E-state index in [0.29, 0.717) is 0 Å². The molecule has 0 fully saturated rings. The second-order valence-corrected chi connectivity index (χ2v) is 28.9. The molecule has 0 bridgehead atoms. The summed E-state index contributed by atoms with van der Waals surface area (Å²) in [5.41, 5.74) is 20.2. The minimum Gasteiger partial charge on any atom is -0.0561 e. The third-order valence-corrected chi connectivity index (χ3v) is 18.0. The van der Waals surface area contributed by atoms with Crippen molar-refractivity contribution < 1.29 is 24.1 Å². The molecule has 7 heteroatoms. The Kier molecular flexibility index (Phi) is 13.1. The molecule has 0 N–H and O–H groups in total. The first-order chi connectivity index (χ1) is 38.7. The summed E-state index contributed by atoms with van der Waals surface area (Å²) in [5.74, 6) is 2.32. The van der Waals surface area contributed by atoms with Crippen LogP contribution in [0.5, 0.6) is 11.5 Å². The van der Waals surface area contributed by atoms with E-state index in [4.69, 9.17) is 9.72 Å². The number of pyridine rings is 1. The van der Waals surface area contributed by atoms with Crippen LogP contribution in [0.4, 0.5) is 34.3 Å². The Hall–Kier alpha value is -7.53. The molecule has 10 aromatic rings. The van der Waals surface area contributed by atoms with Crippen LogP contribution in [0, 0.1) is 3.80 Å². The summed E-state index contributed by atoms with van der Waals surface area (Å²) in [6.45, 7) is 34.6. The maximum atomic E-state index is 7.20. The van der Waals surface area contributed by atoms with Crippen molar-refractivity contribution >= 4 is 45.3 Å². The standard InChI is InChI=1S/C75H77N5O.Pt/c1-70(2,3)49-37-38-76-69(45-49)80-65-32-21-18-29-61(65)75(59-27-16-19-30-63(59)79(64-31-20-17-28-60(64)75)56-43-52(73(10,11)12)40-53(44-56)74(13,14)15)62-36-35-58(47-68(62)80)81-57-26-24-25-54(46-57)77-48-78(67-34-23-22-33-66(67)77)55-41-50(71(4,5)6)39-51(42-55)72(7,8)9;/h16-47H,1-15H3;. The van der Waals surface area contributed by atoms with Gasteiger partial charge < -0.3 is 4.90 Å². The second kappa shape index (κ2) is 19.6. The molecule has 0 radical (unpaired) electrons. The smallest absolute Gasteiger partial charge is 0.0131 e. The van der Waals surface area contributed by atoms with Gasteiger partial charge in [0, 0.05) is 11.9 Å². The molecule has 2 aliphatic rings. The molecule has 0 aliphatic carbocycles. The van der Waals surface area contributed by atoms with E-state index in [9.17, 15) is 0 Å². The third kappa shape index (κ3) is 9.30. The van der Waals surface area contributed by atoms with Crippen molar-refractivity contribution in [2.24, 2.45) is 0 Å². The Morgan fingerprint density at radius 2 is 0.780 bits per heavy atom. The first-order valence-electron chi connectivity index (χ1n) is 29.0. The zero-order valence-corrected chi connectivity index (χ0v) is 52.7. The largest absolute Gasteiger partial charge is 0.0561 e. The van der Waals surface area contributed by atoms with Crippen LogP contribution in [0.1, 0.15) is 154 Å². The number of imidazole rings is 1. The van der Waals surface area contributed by atoms with Crippen LogP contribution in [-0.4, -0.2) is 14.1 Å². The minimum absolute atomic E-state index is 0.0284. The van der Waals surface area contributed by atoms with E-state index in [0.717, 1.165) is 77.5 Å². The van der Waals surface area contributed by atoms with Crippen molar-refractivity contribution in [1.82, 2.24) is 14.1 Å². The number of fused-ring (bicyclic) bond motifs is 9. The number of anilines is 6. The molecule has 0 atom stereocenters. The van der Waals surface area contributed by atoms with E-state index in [1.807, 2.05) is 6.20 Å².